The molecule has 1 saturated carbocycles. The Bertz CT molecular complexity index is 1280. The van der Waals surface area contributed by atoms with Crippen molar-refractivity contribution in [1.82, 2.24) is 20.3 Å². The van der Waals surface area contributed by atoms with Crippen molar-refractivity contribution in [2.24, 2.45) is 5.73 Å². The van der Waals surface area contributed by atoms with Crippen LogP contribution in [0.25, 0.3) is 0 Å². The molecular formula is C29H34N6O3. The Morgan fingerprint density at radius 1 is 0.947 bits per heavy atom. The molecular weight excluding hydrogens is 480 g/mol. The Labute approximate surface area is 222 Å². The molecule has 0 bridgehead atoms. The fourth-order valence-corrected chi connectivity index (χ4v) is 4.78. The number of carbonyl (C=O) groups excluding carboxylic acids is 3. The van der Waals surface area contributed by atoms with E-state index in [2.05, 4.69) is 41.0 Å². The molecule has 1 aliphatic rings. The van der Waals surface area contributed by atoms with Crippen molar-refractivity contribution in [2.75, 3.05) is 4.90 Å². The number of nitrogens with one attached hydrogen (secondary N) is 1. The van der Waals surface area contributed by atoms with Crippen LogP contribution in [0.5, 0.6) is 0 Å². The minimum atomic E-state index is -1.07. The number of benzene rings is 1. The third-order valence-electron chi connectivity index (χ3n) is 6.82. The zero-order valence-corrected chi connectivity index (χ0v) is 22.1. The molecule has 1 unspecified atom stereocenters. The number of anilines is 1. The number of hydrogen-bond donors (Lipinski definition) is 2. The lowest BCUT2D eigenvalue weighted by Crippen LogP contribution is -2.48. The highest BCUT2D eigenvalue weighted by Crippen LogP contribution is 2.32. The van der Waals surface area contributed by atoms with Gasteiger partial charge in [-0.3, -0.25) is 24.3 Å². The van der Waals surface area contributed by atoms with E-state index in [0.29, 0.717) is 11.3 Å². The first-order valence-corrected chi connectivity index (χ1v) is 12.9. The van der Waals surface area contributed by atoms with E-state index in [0.717, 1.165) is 37.7 Å². The van der Waals surface area contributed by atoms with E-state index in [1.54, 1.807) is 36.7 Å². The van der Waals surface area contributed by atoms with Crippen molar-refractivity contribution < 1.29 is 14.4 Å². The van der Waals surface area contributed by atoms with Gasteiger partial charge in [0.2, 0.25) is 5.91 Å². The fraction of sp³-hybridized carbons (Fsp3) is 0.379. The molecule has 0 saturated heterocycles. The molecule has 1 atom stereocenters. The third kappa shape index (κ3) is 6.04. The first-order chi connectivity index (χ1) is 18.2. The zero-order valence-electron chi connectivity index (χ0n) is 22.1. The molecule has 1 aromatic carbocycles. The van der Waals surface area contributed by atoms with E-state index < -0.39 is 17.9 Å². The lowest BCUT2D eigenvalue weighted by atomic mass is 9.87. The van der Waals surface area contributed by atoms with Crippen LogP contribution in [0.4, 0.5) is 5.69 Å². The summed E-state index contributed by atoms with van der Waals surface area (Å²) in [7, 11) is 0. The van der Waals surface area contributed by atoms with Gasteiger partial charge >= 0.3 is 0 Å². The second-order valence-corrected chi connectivity index (χ2v) is 10.6. The normalized spacial score (nSPS) is 14.9. The zero-order chi connectivity index (χ0) is 27.3. The average molecular weight is 515 g/mol. The van der Waals surface area contributed by atoms with Crippen LogP contribution in [0.15, 0.2) is 61.2 Å². The molecule has 9 heteroatoms. The van der Waals surface area contributed by atoms with E-state index in [9.17, 15) is 14.4 Å². The van der Waals surface area contributed by atoms with E-state index in [1.807, 2.05) is 12.1 Å². The summed E-state index contributed by atoms with van der Waals surface area (Å²) < 4.78 is 0. The highest BCUT2D eigenvalue weighted by atomic mass is 16.2. The second kappa shape index (κ2) is 11.5. The summed E-state index contributed by atoms with van der Waals surface area (Å²) in [5.41, 5.74) is 7.00. The Morgan fingerprint density at radius 2 is 1.61 bits per heavy atom. The number of rotatable bonds is 7. The smallest absolute Gasteiger partial charge is 0.280 e. The van der Waals surface area contributed by atoms with Gasteiger partial charge in [-0.15, -0.1) is 0 Å². The maximum Gasteiger partial charge on any atom is 0.280 e. The SMILES string of the molecule is CC(C)(C)c1ccc(N(C(=O)c2nccnc2C(N)=O)C(C(=O)NC2CCCCC2)c2cccnc2)cc1. The molecule has 2 heterocycles. The Balaban J connectivity index is 1.85. The van der Waals surface area contributed by atoms with Gasteiger partial charge in [-0.25, -0.2) is 9.97 Å². The van der Waals surface area contributed by atoms with Gasteiger partial charge in [0.15, 0.2) is 11.4 Å². The van der Waals surface area contributed by atoms with Gasteiger partial charge in [0.25, 0.3) is 11.8 Å². The van der Waals surface area contributed by atoms with E-state index in [4.69, 9.17) is 5.73 Å². The van der Waals surface area contributed by atoms with Crippen LogP contribution in [-0.4, -0.2) is 38.7 Å². The molecule has 1 fully saturated rings. The maximum absolute atomic E-state index is 14.2. The quantitative estimate of drug-likeness (QED) is 0.488. The predicted octanol–water partition coefficient (Wildman–Crippen LogP) is 4.11. The largest absolute Gasteiger partial charge is 0.364 e. The molecule has 1 aliphatic carbocycles. The van der Waals surface area contributed by atoms with Crippen molar-refractivity contribution in [3.8, 4) is 0 Å². The lowest BCUT2D eigenvalue weighted by Gasteiger charge is -2.33. The van der Waals surface area contributed by atoms with Crippen LogP contribution in [-0.2, 0) is 10.2 Å². The molecule has 2 aromatic heterocycles. The minimum absolute atomic E-state index is 0.0216. The van der Waals surface area contributed by atoms with E-state index >= 15 is 0 Å². The van der Waals surface area contributed by atoms with Crippen molar-refractivity contribution >= 4 is 23.4 Å². The van der Waals surface area contributed by atoms with Crippen molar-refractivity contribution in [1.29, 1.82) is 0 Å². The molecule has 4 rings (SSSR count). The first kappa shape index (κ1) is 26.9. The van der Waals surface area contributed by atoms with Crippen molar-refractivity contribution in [3.63, 3.8) is 0 Å². The number of primary amides is 1. The molecule has 3 amide bonds. The fourth-order valence-electron chi connectivity index (χ4n) is 4.78. The summed E-state index contributed by atoms with van der Waals surface area (Å²) in [6, 6.07) is 9.90. The summed E-state index contributed by atoms with van der Waals surface area (Å²) >= 11 is 0. The number of hydrogen-bond acceptors (Lipinski definition) is 6. The van der Waals surface area contributed by atoms with Gasteiger partial charge < -0.3 is 11.1 Å². The minimum Gasteiger partial charge on any atom is -0.364 e. The van der Waals surface area contributed by atoms with Crippen LogP contribution in [0.3, 0.4) is 0 Å². The Hall–Kier alpha value is -4.14. The third-order valence-corrected chi connectivity index (χ3v) is 6.82. The monoisotopic (exact) mass is 514 g/mol. The molecule has 3 aromatic rings. The molecule has 3 N–H and O–H groups in total. The number of aromatic nitrogens is 3. The van der Waals surface area contributed by atoms with Crippen molar-refractivity contribution in [2.45, 2.75) is 70.4 Å². The predicted molar refractivity (Wildman–Crippen MR) is 144 cm³/mol. The summed E-state index contributed by atoms with van der Waals surface area (Å²) in [5, 5.41) is 3.16. The van der Waals surface area contributed by atoms with Gasteiger partial charge in [-0.2, -0.15) is 0 Å². The summed E-state index contributed by atoms with van der Waals surface area (Å²) in [4.78, 5) is 54.0. The summed E-state index contributed by atoms with van der Waals surface area (Å²) in [6.07, 6.45) is 10.8. The molecule has 9 nitrogen and oxygen atoms in total. The van der Waals surface area contributed by atoms with E-state index in [1.165, 1.54) is 17.3 Å². The number of amides is 3. The average Bonchev–Trinajstić information content (AvgIpc) is 2.92. The van der Waals surface area contributed by atoms with Gasteiger partial charge in [0.05, 0.1) is 0 Å². The van der Waals surface area contributed by atoms with Crippen molar-refractivity contribution in [3.05, 3.63) is 83.7 Å². The summed E-state index contributed by atoms with van der Waals surface area (Å²) in [5.74, 6) is -1.88. The molecule has 0 spiro atoms. The number of pyridine rings is 1. The van der Waals surface area contributed by atoms with Gasteiger partial charge in [-0.05, 0) is 42.0 Å². The van der Waals surface area contributed by atoms with Crippen LogP contribution in [0.1, 0.15) is 91.0 Å². The number of nitrogens with two attached hydrogens (primary N) is 1. The van der Waals surface area contributed by atoms with Gasteiger partial charge in [0.1, 0.15) is 6.04 Å². The Kier molecular flexibility index (Phi) is 8.14. The highest BCUT2D eigenvalue weighted by Gasteiger charge is 2.37. The maximum atomic E-state index is 14.2. The van der Waals surface area contributed by atoms with Crippen LogP contribution >= 0.6 is 0 Å². The van der Waals surface area contributed by atoms with E-state index in [-0.39, 0.29) is 28.8 Å². The highest BCUT2D eigenvalue weighted by molar-refractivity contribution is 6.13. The number of carbonyl (C=O) groups is 3. The lowest BCUT2D eigenvalue weighted by molar-refractivity contribution is -0.123. The standard InChI is InChI=1S/C29H34N6O3/c1-29(2,3)20-11-13-22(14-12-20)35(28(38)24-23(26(30)36)32-16-17-33-24)25(19-8-7-15-31-18-19)27(37)34-21-9-5-4-6-10-21/h7-8,11-18,21,25H,4-6,9-10H2,1-3H3,(H2,30,36)(H,34,37). The van der Waals surface area contributed by atoms with Gasteiger partial charge in [-0.1, -0.05) is 58.2 Å². The first-order valence-electron chi connectivity index (χ1n) is 12.9. The van der Waals surface area contributed by atoms with Gasteiger partial charge in [0, 0.05) is 42.1 Å². The molecule has 0 radical (unpaired) electrons. The van der Waals surface area contributed by atoms with Crippen LogP contribution < -0.4 is 16.0 Å². The molecule has 38 heavy (non-hydrogen) atoms. The number of nitrogens with zero attached hydrogens (tertiary/aromatic N) is 4. The second-order valence-electron chi connectivity index (χ2n) is 10.6. The molecule has 0 aliphatic heterocycles. The molecule has 198 valence electrons. The Morgan fingerprint density at radius 3 is 2.18 bits per heavy atom. The summed E-state index contributed by atoms with van der Waals surface area (Å²) in [6.45, 7) is 6.29. The van der Waals surface area contributed by atoms with Crippen LogP contribution in [0, 0.1) is 0 Å². The van der Waals surface area contributed by atoms with Crippen LogP contribution in [0.2, 0.25) is 0 Å². The topological polar surface area (TPSA) is 131 Å².